The Morgan fingerprint density at radius 2 is 1.87 bits per heavy atom. The van der Waals surface area contributed by atoms with E-state index in [9.17, 15) is 4.79 Å². The fourth-order valence-corrected chi connectivity index (χ4v) is 2.38. The first kappa shape index (κ1) is 19.8. The zero-order chi connectivity index (χ0) is 17.2. The summed E-state index contributed by atoms with van der Waals surface area (Å²) in [6.45, 7) is 4.06. The Kier molecular flexibility index (Phi) is 9.00. The molecule has 0 atom stereocenters. The summed E-state index contributed by atoms with van der Waals surface area (Å²) in [5.41, 5.74) is 0.969. The Morgan fingerprint density at radius 3 is 2.48 bits per heavy atom. The third-order valence-corrected chi connectivity index (χ3v) is 3.98. The maximum absolute atomic E-state index is 12.4. The van der Waals surface area contributed by atoms with Gasteiger partial charge in [-0.2, -0.15) is 0 Å². The van der Waals surface area contributed by atoms with E-state index in [1.54, 1.807) is 18.2 Å². The van der Waals surface area contributed by atoms with Gasteiger partial charge in [-0.3, -0.25) is 4.79 Å². The Hall–Kier alpha value is -1.29. The van der Waals surface area contributed by atoms with Crippen LogP contribution in [0.2, 0.25) is 10.0 Å². The summed E-state index contributed by atoms with van der Waals surface area (Å²) in [5.74, 6) is -0.00655. The van der Waals surface area contributed by atoms with Crippen LogP contribution in [-0.2, 0) is 11.3 Å². The average molecular weight is 355 g/mol. The van der Waals surface area contributed by atoms with Gasteiger partial charge in [0.2, 0.25) is 5.91 Å². The van der Waals surface area contributed by atoms with Crippen molar-refractivity contribution in [3.8, 4) is 0 Å². The van der Waals surface area contributed by atoms with E-state index in [1.165, 1.54) is 0 Å². The van der Waals surface area contributed by atoms with Crippen molar-refractivity contribution in [2.75, 3.05) is 27.2 Å². The third-order valence-electron chi connectivity index (χ3n) is 3.24. The van der Waals surface area contributed by atoms with Crippen molar-refractivity contribution >= 4 is 29.1 Å². The molecular weight excluding hydrogens is 331 g/mol. The highest BCUT2D eigenvalue weighted by Gasteiger charge is 2.12. The Labute approximate surface area is 149 Å². The largest absolute Gasteiger partial charge is 0.335 e. The van der Waals surface area contributed by atoms with Crippen molar-refractivity contribution in [2.24, 2.45) is 0 Å². The predicted molar refractivity (Wildman–Crippen MR) is 99.0 cm³/mol. The minimum Gasteiger partial charge on any atom is -0.335 e. The maximum Gasteiger partial charge on any atom is 0.246 e. The average Bonchev–Trinajstić information content (AvgIpc) is 2.49. The van der Waals surface area contributed by atoms with Gasteiger partial charge in [0.1, 0.15) is 0 Å². The van der Waals surface area contributed by atoms with Crippen LogP contribution < -0.4 is 0 Å². The van der Waals surface area contributed by atoms with Crippen LogP contribution in [0.3, 0.4) is 0 Å². The molecule has 3 nitrogen and oxygen atoms in total. The van der Waals surface area contributed by atoms with Crippen LogP contribution in [0.1, 0.15) is 18.9 Å². The van der Waals surface area contributed by atoms with Crippen LogP contribution in [0.15, 0.2) is 42.5 Å². The van der Waals surface area contributed by atoms with Gasteiger partial charge in [0.15, 0.2) is 0 Å². The number of nitrogens with zero attached hydrogens (tertiary/aromatic N) is 2. The first-order valence-corrected chi connectivity index (χ1v) is 8.36. The van der Waals surface area contributed by atoms with Crippen LogP contribution in [0.25, 0.3) is 0 Å². The van der Waals surface area contributed by atoms with Gasteiger partial charge >= 0.3 is 0 Å². The fraction of sp³-hybridized carbons (Fsp3) is 0.389. The van der Waals surface area contributed by atoms with Crippen LogP contribution in [0.4, 0.5) is 0 Å². The molecule has 1 amide bonds. The van der Waals surface area contributed by atoms with Gasteiger partial charge in [-0.15, -0.1) is 0 Å². The molecule has 0 aliphatic rings. The normalized spacial score (nSPS) is 11.7. The fourth-order valence-electron chi connectivity index (χ4n) is 2.06. The molecule has 0 fully saturated rings. The highest BCUT2D eigenvalue weighted by Crippen LogP contribution is 2.23. The second-order valence-corrected chi connectivity index (χ2v) is 6.36. The monoisotopic (exact) mass is 354 g/mol. The Bertz CT molecular complexity index is 568. The number of hydrogen-bond donors (Lipinski definition) is 0. The van der Waals surface area contributed by atoms with E-state index in [0.717, 1.165) is 18.5 Å². The number of amides is 1. The second kappa shape index (κ2) is 10.5. The molecule has 0 unspecified atom stereocenters. The number of benzene rings is 1. The van der Waals surface area contributed by atoms with Crippen LogP contribution in [-0.4, -0.2) is 42.9 Å². The summed E-state index contributed by atoms with van der Waals surface area (Å²) in [5, 5.41) is 1.03. The van der Waals surface area contributed by atoms with Crippen molar-refractivity contribution in [3.05, 3.63) is 58.1 Å². The summed E-state index contributed by atoms with van der Waals surface area (Å²) in [6, 6.07) is 5.47. The van der Waals surface area contributed by atoms with Gasteiger partial charge in [-0.05, 0) is 51.7 Å². The lowest BCUT2D eigenvalue weighted by atomic mass is 10.2. The molecule has 5 heteroatoms. The number of halogens is 2. The summed E-state index contributed by atoms with van der Waals surface area (Å²) < 4.78 is 0. The topological polar surface area (TPSA) is 23.6 Å². The van der Waals surface area contributed by atoms with E-state index in [0.29, 0.717) is 23.1 Å². The molecule has 126 valence electrons. The van der Waals surface area contributed by atoms with Crippen molar-refractivity contribution in [1.29, 1.82) is 0 Å². The van der Waals surface area contributed by atoms with Gasteiger partial charge in [-0.25, -0.2) is 0 Å². The summed E-state index contributed by atoms with van der Waals surface area (Å²) in [6.07, 6.45) is 8.00. The second-order valence-electron chi connectivity index (χ2n) is 5.55. The van der Waals surface area contributed by atoms with E-state index in [-0.39, 0.29) is 5.91 Å². The van der Waals surface area contributed by atoms with Crippen molar-refractivity contribution in [2.45, 2.75) is 19.9 Å². The number of rotatable bonds is 8. The summed E-state index contributed by atoms with van der Waals surface area (Å²) in [7, 11) is 4.05. The quantitative estimate of drug-likeness (QED) is 0.510. The summed E-state index contributed by atoms with van der Waals surface area (Å²) >= 11 is 12.0. The molecule has 0 aliphatic carbocycles. The molecular formula is C18H24Cl2N2O. The van der Waals surface area contributed by atoms with Crippen LogP contribution in [0, 0.1) is 0 Å². The number of allylic oxidation sites excluding steroid dienone is 3. The molecule has 1 rings (SSSR count). The highest BCUT2D eigenvalue weighted by molar-refractivity contribution is 6.42. The van der Waals surface area contributed by atoms with Crippen LogP contribution in [0.5, 0.6) is 0 Å². The number of carbonyl (C=O) groups excluding carboxylic acids is 1. The molecule has 0 radical (unpaired) electrons. The smallest absolute Gasteiger partial charge is 0.246 e. The van der Waals surface area contributed by atoms with E-state index >= 15 is 0 Å². The van der Waals surface area contributed by atoms with Crippen LogP contribution >= 0.6 is 23.2 Å². The molecule has 0 saturated carbocycles. The minimum absolute atomic E-state index is 0.00655. The molecule has 0 heterocycles. The lowest BCUT2D eigenvalue weighted by Crippen LogP contribution is -2.31. The maximum atomic E-state index is 12.4. The molecule has 0 bridgehead atoms. The first-order valence-electron chi connectivity index (χ1n) is 7.61. The van der Waals surface area contributed by atoms with E-state index in [2.05, 4.69) is 4.90 Å². The third kappa shape index (κ3) is 7.69. The first-order chi connectivity index (χ1) is 10.9. The van der Waals surface area contributed by atoms with Gasteiger partial charge in [0.05, 0.1) is 10.0 Å². The SMILES string of the molecule is C/C=C/C=C/C(=O)N(CCCN(C)C)Cc1ccc(Cl)c(Cl)c1. The van der Waals surface area contributed by atoms with E-state index in [1.807, 2.05) is 50.2 Å². The van der Waals surface area contributed by atoms with E-state index < -0.39 is 0 Å². The van der Waals surface area contributed by atoms with E-state index in [4.69, 9.17) is 23.2 Å². The van der Waals surface area contributed by atoms with Crippen molar-refractivity contribution in [1.82, 2.24) is 9.80 Å². The van der Waals surface area contributed by atoms with Crippen molar-refractivity contribution in [3.63, 3.8) is 0 Å². The molecule has 1 aromatic carbocycles. The lowest BCUT2D eigenvalue weighted by Gasteiger charge is -2.22. The highest BCUT2D eigenvalue weighted by atomic mass is 35.5. The van der Waals surface area contributed by atoms with Crippen molar-refractivity contribution < 1.29 is 4.79 Å². The molecule has 0 N–H and O–H groups in total. The molecule has 0 aliphatic heterocycles. The molecule has 1 aromatic rings. The molecule has 23 heavy (non-hydrogen) atoms. The van der Waals surface area contributed by atoms with Gasteiger partial charge < -0.3 is 9.80 Å². The zero-order valence-corrected chi connectivity index (χ0v) is 15.4. The predicted octanol–water partition coefficient (Wildman–Crippen LogP) is 4.41. The summed E-state index contributed by atoms with van der Waals surface area (Å²) in [4.78, 5) is 16.3. The van der Waals surface area contributed by atoms with Gasteiger partial charge in [-0.1, -0.05) is 47.5 Å². The number of hydrogen-bond acceptors (Lipinski definition) is 2. The number of carbonyl (C=O) groups is 1. The molecule has 0 saturated heterocycles. The zero-order valence-electron chi connectivity index (χ0n) is 13.9. The van der Waals surface area contributed by atoms with Gasteiger partial charge in [0, 0.05) is 19.2 Å². The minimum atomic E-state index is -0.00655. The molecule has 0 spiro atoms. The lowest BCUT2D eigenvalue weighted by molar-refractivity contribution is -0.126. The Balaban J connectivity index is 2.80. The molecule has 0 aromatic heterocycles. The Morgan fingerprint density at radius 1 is 1.13 bits per heavy atom. The van der Waals surface area contributed by atoms with Gasteiger partial charge in [0.25, 0.3) is 0 Å². The standard InChI is InChI=1S/C18H24Cl2N2O/c1-4-5-6-8-18(23)22(12-7-11-21(2)3)14-15-9-10-16(19)17(20)13-15/h4-6,8-10,13H,7,11-12,14H2,1-3H3/b5-4+,8-6+.